The lowest BCUT2D eigenvalue weighted by molar-refractivity contribution is 0.799. The van der Waals surface area contributed by atoms with Crippen molar-refractivity contribution in [3.63, 3.8) is 0 Å². The lowest BCUT2D eigenvalue weighted by Crippen LogP contribution is -2.07. The molecule has 72 valence electrons. The Bertz CT molecular complexity index is 454. The van der Waals surface area contributed by atoms with Crippen molar-refractivity contribution >= 4 is 22.4 Å². The molecule has 0 aliphatic carbocycles. The van der Waals surface area contributed by atoms with Crippen molar-refractivity contribution in [1.82, 2.24) is 10.3 Å². The first kappa shape index (κ1) is 9.44. The maximum atomic E-state index is 5.91. The Balaban J connectivity index is 2.62. The lowest BCUT2D eigenvalue weighted by atomic mass is 10.1. The minimum Gasteiger partial charge on any atom is -0.314 e. The smallest absolute Gasteiger partial charge is 0.0619 e. The van der Waals surface area contributed by atoms with Crippen molar-refractivity contribution in [2.75, 3.05) is 7.05 Å². The fraction of sp³-hybridized carbons (Fsp3) is 0.182. The first-order valence-electron chi connectivity index (χ1n) is 4.49. The number of halogens is 1. The standard InChI is InChI=1S/C11H11ClN2/c1-13-7-11-10-3-2-9(12)6-8(10)4-5-14-11/h2-6,13H,7H2,1H3. The molecule has 0 atom stereocenters. The van der Waals surface area contributed by atoms with Gasteiger partial charge in [0, 0.05) is 23.2 Å². The van der Waals surface area contributed by atoms with E-state index in [0.29, 0.717) is 0 Å². The van der Waals surface area contributed by atoms with Gasteiger partial charge in [0.2, 0.25) is 0 Å². The monoisotopic (exact) mass is 206 g/mol. The van der Waals surface area contributed by atoms with Crippen molar-refractivity contribution in [3.05, 3.63) is 41.2 Å². The van der Waals surface area contributed by atoms with Crippen LogP contribution in [-0.2, 0) is 6.54 Å². The van der Waals surface area contributed by atoms with Gasteiger partial charge in [-0.05, 0) is 30.6 Å². The van der Waals surface area contributed by atoms with E-state index in [2.05, 4.69) is 10.3 Å². The van der Waals surface area contributed by atoms with Gasteiger partial charge in [0.15, 0.2) is 0 Å². The molecule has 1 aromatic heterocycles. The third-order valence-corrected chi connectivity index (χ3v) is 2.39. The van der Waals surface area contributed by atoms with Crippen LogP contribution in [0.15, 0.2) is 30.5 Å². The third-order valence-electron chi connectivity index (χ3n) is 2.15. The van der Waals surface area contributed by atoms with Crippen LogP contribution in [0.25, 0.3) is 10.8 Å². The van der Waals surface area contributed by atoms with Crippen LogP contribution in [0.1, 0.15) is 5.69 Å². The van der Waals surface area contributed by atoms with Crippen LogP contribution >= 0.6 is 11.6 Å². The molecule has 2 nitrogen and oxygen atoms in total. The molecule has 0 saturated carbocycles. The Labute approximate surface area is 87.9 Å². The predicted molar refractivity (Wildman–Crippen MR) is 59.5 cm³/mol. The van der Waals surface area contributed by atoms with Crippen LogP contribution in [0.3, 0.4) is 0 Å². The van der Waals surface area contributed by atoms with Crippen LogP contribution in [-0.4, -0.2) is 12.0 Å². The van der Waals surface area contributed by atoms with Crippen LogP contribution in [0.2, 0.25) is 5.02 Å². The van der Waals surface area contributed by atoms with Crippen molar-refractivity contribution in [2.45, 2.75) is 6.54 Å². The highest BCUT2D eigenvalue weighted by Crippen LogP contribution is 2.20. The molecule has 1 aromatic carbocycles. The molecule has 1 N–H and O–H groups in total. The van der Waals surface area contributed by atoms with Crippen LogP contribution in [0.4, 0.5) is 0 Å². The first-order valence-corrected chi connectivity index (χ1v) is 4.87. The molecule has 0 radical (unpaired) electrons. The maximum Gasteiger partial charge on any atom is 0.0619 e. The molecular formula is C11H11ClN2. The molecule has 0 aliphatic rings. The van der Waals surface area contributed by atoms with E-state index in [1.807, 2.05) is 37.5 Å². The number of aromatic nitrogens is 1. The van der Waals surface area contributed by atoms with Crippen molar-refractivity contribution in [2.24, 2.45) is 0 Å². The Morgan fingerprint density at radius 1 is 1.36 bits per heavy atom. The summed E-state index contributed by atoms with van der Waals surface area (Å²) in [6.45, 7) is 0.777. The van der Waals surface area contributed by atoms with Crippen LogP contribution in [0.5, 0.6) is 0 Å². The molecule has 0 bridgehead atoms. The highest BCUT2D eigenvalue weighted by Gasteiger charge is 2.01. The number of benzene rings is 1. The molecule has 0 aliphatic heterocycles. The van der Waals surface area contributed by atoms with Crippen molar-refractivity contribution in [3.8, 4) is 0 Å². The summed E-state index contributed by atoms with van der Waals surface area (Å²) < 4.78 is 0. The van der Waals surface area contributed by atoms with Crippen LogP contribution in [0, 0.1) is 0 Å². The fourth-order valence-corrected chi connectivity index (χ4v) is 1.70. The van der Waals surface area contributed by atoms with E-state index in [1.54, 1.807) is 0 Å². The van der Waals surface area contributed by atoms with Gasteiger partial charge in [-0.15, -0.1) is 0 Å². The summed E-state index contributed by atoms with van der Waals surface area (Å²) in [5.41, 5.74) is 1.06. The molecule has 0 spiro atoms. The van der Waals surface area contributed by atoms with E-state index >= 15 is 0 Å². The molecular weight excluding hydrogens is 196 g/mol. The number of fused-ring (bicyclic) bond motifs is 1. The fourth-order valence-electron chi connectivity index (χ4n) is 1.52. The Morgan fingerprint density at radius 3 is 3.00 bits per heavy atom. The zero-order valence-corrected chi connectivity index (χ0v) is 8.67. The molecule has 2 rings (SSSR count). The Morgan fingerprint density at radius 2 is 2.21 bits per heavy atom. The number of pyridine rings is 1. The summed E-state index contributed by atoms with van der Waals surface area (Å²) in [5.74, 6) is 0. The molecule has 14 heavy (non-hydrogen) atoms. The molecule has 2 aromatic rings. The highest BCUT2D eigenvalue weighted by atomic mass is 35.5. The highest BCUT2D eigenvalue weighted by molar-refractivity contribution is 6.31. The number of hydrogen-bond donors (Lipinski definition) is 1. The summed E-state index contributed by atoms with van der Waals surface area (Å²) >= 11 is 5.91. The second-order valence-electron chi connectivity index (χ2n) is 3.15. The maximum absolute atomic E-state index is 5.91. The zero-order chi connectivity index (χ0) is 9.97. The summed E-state index contributed by atoms with van der Waals surface area (Å²) in [7, 11) is 1.91. The van der Waals surface area contributed by atoms with Gasteiger partial charge in [-0.3, -0.25) is 4.98 Å². The summed E-state index contributed by atoms with van der Waals surface area (Å²) in [4.78, 5) is 4.32. The van der Waals surface area contributed by atoms with Gasteiger partial charge in [0.25, 0.3) is 0 Å². The van der Waals surface area contributed by atoms with Gasteiger partial charge in [-0.25, -0.2) is 0 Å². The molecule has 0 fully saturated rings. The van der Waals surface area contributed by atoms with E-state index in [0.717, 1.165) is 28.0 Å². The molecule has 3 heteroatoms. The largest absolute Gasteiger partial charge is 0.314 e. The van der Waals surface area contributed by atoms with Gasteiger partial charge in [0.05, 0.1) is 5.69 Å². The normalized spacial score (nSPS) is 10.7. The second-order valence-corrected chi connectivity index (χ2v) is 3.59. The van der Waals surface area contributed by atoms with E-state index in [1.165, 1.54) is 0 Å². The molecule has 0 unspecified atom stereocenters. The van der Waals surface area contributed by atoms with E-state index in [9.17, 15) is 0 Å². The van der Waals surface area contributed by atoms with E-state index in [4.69, 9.17) is 11.6 Å². The molecule has 0 saturated heterocycles. The summed E-state index contributed by atoms with van der Waals surface area (Å²) in [6.07, 6.45) is 1.81. The van der Waals surface area contributed by atoms with Gasteiger partial charge < -0.3 is 5.32 Å². The number of hydrogen-bond acceptors (Lipinski definition) is 2. The van der Waals surface area contributed by atoms with E-state index < -0.39 is 0 Å². The number of nitrogens with one attached hydrogen (secondary N) is 1. The average Bonchev–Trinajstić information content (AvgIpc) is 2.18. The number of rotatable bonds is 2. The summed E-state index contributed by atoms with van der Waals surface area (Å²) in [5, 5.41) is 6.15. The van der Waals surface area contributed by atoms with E-state index in [-0.39, 0.29) is 0 Å². The third kappa shape index (κ3) is 1.72. The molecule has 1 heterocycles. The predicted octanol–water partition coefficient (Wildman–Crippen LogP) is 2.61. The quantitative estimate of drug-likeness (QED) is 0.817. The molecule has 0 amide bonds. The SMILES string of the molecule is CNCc1nccc2cc(Cl)ccc12. The Kier molecular flexibility index (Phi) is 2.66. The minimum atomic E-state index is 0.763. The van der Waals surface area contributed by atoms with Crippen LogP contribution < -0.4 is 5.32 Å². The Hall–Kier alpha value is -1.12. The lowest BCUT2D eigenvalue weighted by Gasteiger charge is -2.04. The summed E-state index contributed by atoms with van der Waals surface area (Å²) in [6, 6.07) is 7.83. The van der Waals surface area contributed by atoms with Gasteiger partial charge in [0.1, 0.15) is 0 Å². The zero-order valence-electron chi connectivity index (χ0n) is 7.92. The van der Waals surface area contributed by atoms with Gasteiger partial charge in [-0.2, -0.15) is 0 Å². The first-order chi connectivity index (χ1) is 6.81. The van der Waals surface area contributed by atoms with Gasteiger partial charge in [-0.1, -0.05) is 17.7 Å². The minimum absolute atomic E-state index is 0.763. The average molecular weight is 207 g/mol. The van der Waals surface area contributed by atoms with Crippen molar-refractivity contribution < 1.29 is 0 Å². The number of nitrogens with zero attached hydrogens (tertiary/aromatic N) is 1. The second kappa shape index (κ2) is 3.95. The van der Waals surface area contributed by atoms with Gasteiger partial charge >= 0.3 is 0 Å². The van der Waals surface area contributed by atoms with Crippen molar-refractivity contribution in [1.29, 1.82) is 0 Å². The topological polar surface area (TPSA) is 24.9 Å².